The first-order valence-electron chi connectivity index (χ1n) is 10.2. The van der Waals surface area contributed by atoms with Crippen molar-refractivity contribution in [2.75, 3.05) is 38.2 Å². The number of piperazine rings is 1. The van der Waals surface area contributed by atoms with Crippen molar-refractivity contribution in [1.82, 2.24) is 4.90 Å². The van der Waals surface area contributed by atoms with Crippen LogP contribution in [0, 0.1) is 0 Å². The maximum absolute atomic E-state index is 9.88. The predicted octanol–water partition coefficient (Wildman–Crippen LogP) is 5.35. The van der Waals surface area contributed by atoms with Gasteiger partial charge >= 0.3 is 0 Å². The smallest absolute Gasteiger partial charge is 0.120 e. The number of anilines is 1. The molecule has 166 valence electrons. The molecule has 0 saturated carbocycles. The Morgan fingerprint density at radius 2 is 1.55 bits per heavy atom. The summed E-state index contributed by atoms with van der Waals surface area (Å²) in [6, 6.07) is 26.9. The molecular formula is C25H30Cl2N2O2. The van der Waals surface area contributed by atoms with E-state index in [-0.39, 0.29) is 24.8 Å². The summed E-state index contributed by atoms with van der Waals surface area (Å²) in [5.41, 5.74) is 3.70. The summed E-state index contributed by atoms with van der Waals surface area (Å²) in [5, 5.41) is 9.88. The van der Waals surface area contributed by atoms with E-state index in [4.69, 9.17) is 4.74 Å². The molecule has 1 atom stereocenters. The SMILES string of the molecule is COc1cccc(N2CCN(C(Cc3cccc(O)c3)c3ccccc3)CC2)c1.Cl.Cl. The molecular weight excluding hydrogens is 431 g/mol. The Morgan fingerprint density at radius 3 is 2.23 bits per heavy atom. The Bertz CT molecular complexity index is 932. The zero-order valence-electron chi connectivity index (χ0n) is 17.7. The van der Waals surface area contributed by atoms with E-state index in [9.17, 15) is 5.11 Å². The molecule has 1 aliphatic rings. The molecule has 1 N–H and O–H groups in total. The summed E-state index contributed by atoms with van der Waals surface area (Å²) in [4.78, 5) is 4.99. The maximum Gasteiger partial charge on any atom is 0.120 e. The molecule has 0 bridgehead atoms. The van der Waals surface area contributed by atoms with Crippen LogP contribution in [0.2, 0.25) is 0 Å². The van der Waals surface area contributed by atoms with Crippen LogP contribution in [0.5, 0.6) is 11.5 Å². The average Bonchev–Trinajstić information content (AvgIpc) is 2.78. The minimum absolute atomic E-state index is 0. The van der Waals surface area contributed by atoms with Crippen molar-refractivity contribution in [3.8, 4) is 11.5 Å². The summed E-state index contributed by atoms with van der Waals surface area (Å²) >= 11 is 0. The molecule has 0 amide bonds. The third kappa shape index (κ3) is 6.30. The number of methoxy groups -OCH3 is 1. The van der Waals surface area contributed by atoms with Gasteiger partial charge in [0.1, 0.15) is 11.5 Å². The molecule has 1 aliphatic heterocycles. The van der Waals surface area contributed by atoms with Crippen LogP contribution in [-0.4, -0.2) is 43.3 Å². The summed E-state index contributed by atoms with van der Waals surface area (Å²) in [6.45, 7) is 3.96. The number of hydrogen-bond acceptors (Lipinski definition) is 4. The van der Waals surface area contributed by atoms with Gasteiger partial charge in [-0.15, -0.1) is 24.8 Å². The number of nitrogens with zero attached hydrogens (tertiary/aromatic N) is 2. The minimum atomic E-state index is 0. The average molecular weight is 461 g/mol. The van der Waals surface area contributed by atoms with Gasteiger partial charge in [0.2, 0.25) is 0 Å². The molecule has 31 heavy (non-hydrogen) atoms. The molecule has 3 aromatic carbocycles. The Labute approximate surface area is 197 Å². The molecule has 3 aromatic rings. The highest BCUT2D eigenvalue weighted by Crippen LogP contribution is 2.29. The van der Waals surface area contributed by atoms with Crippen molar-refractivity contribution in [3.63, 3.8) is 0 Å². The Morgan fingerprint density at radius 1 is 0.839 bits per heavy atom. The second kappa shape index (κ2) is 11.8. The monoisotopic (exact) mass is 460 g/mol. The fraction of sp³-hybridized carbons (Fsp3) is 0.280. The molecule has 4 nitrogen and oxygen atoms in total. The first-order chi connectivity index (χ1) is 14.2. The standard InChI is InChI=1S/C25H28N2O2.2ClH/c1-29-24-12-6-10-22(19-24)26-13-15-27(16-14-26)25(21-8-3-2-4-9-21)18-20-7-5-11-23(28)17-20;;/h2-12,17,19,25,28H,13-16,18H2,1H3;2*1H. The van der Waals surface area contributed by atoms with E-state index >= 15 is 0 Å². The highest BCUT2D eigenvalue weighted by molar-refractivity contribution is 5.85. The van der Waals surface area contributed by atoms with E-state index in [2.05, 4.69) is 64.4 Å². The second-order valence-corrected chi connectivity index (χ2v) is 7.53. The van der Waals surface area contributed by atoms with E-state index in [1.807, 2.05) is 18.2 Å². The Kier molecular flexibility index (Phi) is 9.50. The van der Waals surface area contributed by atoms with E-state index < -0.39 is 0 Å². The number of benzene rings is 3. The number of phenols is 1. The van der Waals surface area contributed by atoms with E-state index in [1.165, 1.54) is 11.3 Å². The van der Waals surface area contributed by atoms with Crippen LogP contribution in [0.3, 0.4) is 0 Å². The number of halogens is 2. The van der Waals surface area contributed by atoms with Gasteiger partial charge in [0.05, 0.1) is 7.11 Å². The van der Waals surface area contributed by atoms with Crippen LogP contribution in [0.15, 0.2) is 78.9 Å². The Hall–Kier alpha value is -2.40. The van der Waals surface area contributed by atoms with Crippen molar-refractivity contribution in [2.45, 2.75) is 12.5 Å². The highest BCUT2D eigenvalue weighted by Gasteiger charge is 2.25. The number of phenolic OH excluding ortho intramolecular Hbond substituents is 1. The van der Waals surface area contributed by atoms with Gasteiger partial charge in [0.25, 0.3) is 0 Å². The number of rotatable bonds is 6. The lowest BCUT2D eigenvalue weighted by atomic mass is 9.96. The quantitative estimate of drug-likeness (QED) is 0.537. The third-order valence-corrected chi connectivity index (χ3v) is 5.70. The first-order valence-corrected chi connectivity index (χ1v) is 10.2. The van der Waals surface area contributed by atoms with Crippen LogP contribution >= 0.6 is 24.8 Å². The predicted molar refractivity (Wildman–Crippen MR) is 132 cm³/mol. The number of ether oxygens (including phenoxy) is 1. The lowest BCUT2D eigenvalue weighted by Crippen LogP contribution is -2.48. The number of hydrogen-bond donors (Lipinski definition) is 1. The molecule has 0 radical (unpaired) electrons. The fourth-order valence-electron chi connectivity index (χ4n) is 4.14. The van der Waals surface area contributed by atoms with Gasteiger partial charge in [0.15, 0.2) is 0 Å². The van der Waals surface area contributed by atoms with Crippen molar-refractivity contribution >= 4 is 30.5 Å². The van der Waals surface area contributed by atoms with Crippen molar-refractivity contribution < 1.29 is 9.84 Å². The van der Waals surface area contributed by atoms with Gasteiger partial charge in [-0.1, -0.05) is 48.5 Å². The van der Waals surface area contributed by atoms with E-state index in [1.54, 1.807) is 13.2 Å². The molecule has 0 aliphatic carbocycles. The summed E-state index contributed by atoms with van der Waals surface area (Å²) in [7, 11) is 1.71. The van der Waals surface area contributed by atoms with Crippen LogP contribution in [0.25, 0.3) is 0 Å². The molecule has 1 heterocycles. The van der Waals surface area contributed by atoms with Gasteiger partial charge in [-0.3, -0.25) is 4.90 Å². The molecule has 1 saturated heterocycles. The molecule has 4 rings (SSSR count). The van der Waals surface area contributed by atoms with Gasteiger partial charge < -0.3 is 14.7 Å². The van der Waals surface area contributed by atoms with Crippen molar-refractivity contribution in [3.05, 3.63) is 90.0 Å². The molecule has 1 fully saturated rings. The molecule has 0 spiro atoms. The van der Waals surface area contributed by atoms with Crippen LogP contribution in [-0.2, 0) is 6.42 Å². The van der Waals surface area contributed by atoms with E-state index in [0.29, 0.717) is 11.8 Å². The van der Waals surface area contributed by atoms with Crippen LogP contribution in [0.1, 0.15) is 17.2 Å². The van der Waals surface area contributed by atoms with Gasteiger partial charge in [-0.25, -0.2) is 0 Å². The Balaban J connectivity index is 0.00000171. The zero-order valence-corrected chi connectivity index (χ0v) is 19.3. The highest BCUT2D eigenvalue weighted by atomic mass is 35.5. The van der Waals surface area contributed by atoms with Gasteiger partial charge in [0, 0.05) is 44.0 Å². The molecule has 6 heteroatoms. The lowest BCUT2D eigenvalue weighted by molar-refractivity contribution is 0.184. The normalized spacial score (nSPS) is 14.8. The first kappa shape index (κ1) is 24.9. The van der Waals surface area contributed by atoms with Crippen molar-refractivity contribution in [1.29, 1.82) is 0 Å². The molecule has 1 unspecified atom stereocenters. The summed E-state index contributed by atoms with van der Waals surface area (Å²) in [6.07, 6.45) is 0.886. The minimum Gasteiger partial charge on any atom is -0.508 e. The molecule has 0 aromatic heterocycles. The van der Waals surface area contributed by atoms with E-state index in [0.717, 1.165) is 43.9 Å². The van der Waals surface area contributed by atoms with Crippen molar-refractivity contribution in [2.24, 2.45) is 0 Å². The summed E-state index contributed by atoms with van der Waals surface area (Å²) < 4.78 is 5.38. The zero-order chi connectivity index (χ0) is 20.1. The fourth-order valence-corrected chi connectivity index (χ4v) is 4.14. The van der Waals surface area contributed by atoms with Gasteiger partial charge in [-0.05, 0) is 41.8 Å². The topological polar surface area (TPSA) is 35.9 Å². The number of aromatic hydroxyl groups is 1. The largest absolute Gasteiger partial charge is 0.508 e. The van der Waals surface area contributed by atoms with Gasteiger partial charge in [-0.2, -0.15) is 0 Å². The third-order valence-electron chi connectivity index (χ3n) is 5.70. The lowest BCUT2D eigenvalue weighted by Gasteiger charge is -2.40. The second-order valence-electron chi connectivity index (χ2n) is 7.53. The summed E-state index contributed by atoms with van der Waals surface area (Å²) in [5.74, 6) is 1.23. The van der Waals surface area contributed by atoms with Crippen LogP contribution < -0.4 is 9.64 Å². The maximum atomic E-state index is 9.88. The van der Waals surface area contributed by atoms with Crippen LogP contribution in [0.4, 0.5) is 5.69 Å².